The summed E-state index contributed by atoms with van der Waals surface area (Å²) in [6.45, 7) is 3.98. The quantitative estimate of drug-likeness (QED) is 0.603. The highest BCUT2D eigenvalue weighted by Gasteiger charge is 1.97. The molecule has 0 saturated carbocycles. The van der Waals surface area contributed by atoms with Crippen LogP contribution in [0.5, 0.6) is 0 Å². The average Bonchev–Trinajstić information content (AvgIpc) is 2.27. The molecule has 1 N–H and O–H groups in total. The van der Waals surface area contributed by atoms with Gasteiger partial charge in [-0.25, -0.2) is 4.98 Å². The molecule has 0 aliphatic carbocycles. The normalized spacial score (nSPS) is 10.7. The van der Waals surface area contributed by atoms with Crippen LogP contribution in [0.25, 0.3) is 11.0 Å². The first kappa shape index (κ1) is 6.40. The van der Waals surface area contributed by atoms with Crippen molar-refractivity contribution in [3.05, 3.63) is 29.6 Å². The molecule has 2 nitrogen and oxygen atoms in total. The summed E-state index contributed by atoms with van der Waals surface area (Å²) in [5.74, 6) is 0.957. The van der Waals surface area contributed by atoms with Gasteiger partial charge in [0.2, 0.25) is 0 Å². The van der Waals surface area contributed by atoms with E-state index in [4.69, 9.17) is 0 Å². The number of aromatic amines is 1. The molecule has 0 saturated heterocycles. The SMILES string of the molecule is Cc1[c]cc2nc(C)[nH]c2c1. The molecule has 11 heavy (non-hydrogen) atoms. The molecule has 2 rings (SSSR count). The van der Waals surface area contributed by atoms with Gasteiger partial charge in [-0.05, 0) is 37.6 Å². The minimum Gasteiger partial charge on any atom is -0.342 e. The fourth-order valence-electron chi connectivity index (χ4n) is 1.19. The molecule has 2 heteroatoms. The minimum absolute atomic E-state index is 0.957. The molecule has 55 valence electrons. The van der Waals surface area contributed by atoms with Gasteiger partial charge >= 0.3 is 0 Å². The van der Waals surface area contributed by atoms with Crippen LogP contribution >= 0.6 is 0 Å². The van der Waals surface area contributed by atoms with E-state index < -0.39 is 0 Å². The first-order valence-corrected chi connectivity index (χ1v) is 3.60. The second kappa shape index (κ2) is 2.09. The standard InChI is InChI=1S/C9H9N2/c1-6-3-4-8-9(5-6)11-7(2)10-8/h4-5H,1-2H3,(H,10,11). The van der Waals surface area contributed by atoms with Crippen LogP contribution in [0.2, 0.25) is 0 Å². The second-order valence-electron chi connectivity index (χ2n) is 2.74. The van der Waals surface area contributed by atoms with Crippen molar-refractivity contribution in [3.63, 3.8) is 0 Å². The molecule has 2 aromatic rings. The number of aromatic nitrogens is 2. The summed E-state index contributed by atoms with van der Waals surface area (Å²) in [6.07, 6.45) is 0. The molecule has 0 fully saturated rings. The topological polar surface area (TPSA) is 28.7 Å². The van der Waals surface area contributed by atoms with Gasteiger partial charge in [-0.2, -0.15) is 0 Å². The number of H-pyrrole nitrogens is 1. The van der Waals surface area contributed by atoms with Crippen molar-refractivity contribution in [2.24, 2.45) is 0 Å². The van der Waals surface area contributed by atoms with Crippen molar-refractivity contribution in [2.75, 3.05) is 0 Å². The number of rotatable bonds is 0. The Bertz CT molecular complexity index is 387. The number of aryl methyl sites for hydroxylation is 2. The number of hydrogen-bond acceptors (Lipinski definition) is 1. The third-order valence-corrected chi connectivity index (χ3v) is 1.68. The fourth-order valence-corrected chi connectivity index (χ4v) is 1.19. The Kier molecular flexibility index (Phi) is 1.22. The van der Waals surface area contributed by atoms with Gasteiger partial charge < -0.3 is 4.98 Å². The molecule has 0 spiro atoms. The maximum atomic E-state index is 4.27. The van der Waals surface area contributed by atoms with Gasteiger partial charge in [-0.3, -0.25) is 0 Å². The van der Waals surface area contributed by atoms with Crippen LogP contribution in [-0.4, -0.2) is 9.97 Å². The van der Waals surface area contributed by atoms with Crippen LogP contribution in [0.4, 0.5) is 0 Å². The number of nitrogens with zero attached hydrogens (tertiary/aromatic N) is 1. The Balaban J connectivity index is 2.82. The summed E-state index contributed by atoms with van der Waals surface area (Å²) in [7, 11) is 0. The average molecular weight is 145 g/mol. The smallest absolute Gasteiger partial charge is 0.104 e. The number of nitrogens with one attached hydrogen (secondary N) is 1. The zero-order valence-electron chi connectivity index (χ0n) is 6.60. The van der Waals surface area contributed by atoms with Crippen molar-refractivity contribution >= 4 is 11.0 Å². The second-order valence-corrected chi connectivity index (χ2v) is 2.74. The van der Waals surface area contributed by atoms with E-state index in [9.17, 15) is 0 Å². The van der Waals surface area contributed by atoms with E-state index in [2.05, 4.69) is 22.1 Å². The fraction of sp³-hybridized carbons (Fsp3) is 0.222. The monoisotopic (exact) mass is 145 g/mol. The molecule has 0 amide bonds. The van der Waals surface area contributed by atoms with Gasteiger partial charge in [0.05, 0.1) is 11.0 Å². The van der Waals surface area contributed by atoms with Crippen molar-refractivity contribution in [2.45, 2.75) is 13.8 Å². The van der Waals surface area contributed by atoms with Crippen LogP contribution in [0.15, 0.2) is 12.1 Å². The molecule has 0 bridgehead atoms. The lowest BCUT2D eigenvalue weighted by atomic mass is 10.2. The zero-order valence-corrected chi connectivity index (χ0v) is 6.60. The maximum absolute atomic E-state index is 4.27. The van der Waals surface area contributed by atoms with Gasteiger partial charge in [-0.1, -0.05) is 0 Å². The molecule has 0 atom stereocenters. The number of hydrogen-bond donors (Lipinski definition) is 1. The molecule has 0 unspecified atom stereocenters. The van der Waals surface area contributed by atoms with E-state index in [1.807, 2.05) is 19.9 Å². The van der Waals surface area contributed by atoms with E-state index in [1.165, 1.54) is 0 Å². The molecule has 1 radical (unpaired) electrons. The molecule has 0 aliphatic heterocycles. The maximum Gasteiger partial charge on any atom is 0.104 e. The van der Waals surface area contributed by atoms with Crippen LogP contribution in [0.1, 0.15) is 11.4 Å². The number of imidazole rings is 1. The third-order valence-electron chi connectivity index (χ3n) is 1.68. The van der Waals surface area contributed by atoms with Crippen LogP contribution in [-0.2, 0) is 0 Å². The van der Waals surface area contributed by atoms with Gasteiger partial charge in [0.1, 0.15) is 5.82 Å². The Labute approximate surface area is 65.3 Å². The Morgan fingerprint density at radius 2 is 2.27 bits per heavy atom. The lowest BCUT2D eigenvalue weighted by Crippen LogP contribution is -1.72. The predicted octanol–water partition coefficient (Wildman–Crippen LogP) is 1.98. The first-order valence-electron chi connectivity index (χ1n) is 3.60. The molecule has 0 aliphatic rings. The Hall–Kier alpha value is -1.31. The van der Waals surface area contributed by atoms with Gasteiger partial charge in [0.25, 0.3) is 0 Å². The zero-order chi connectivity index (χ0) is 7.84. The number of benzene rings is 1. The number of fused-ring (bicyclic) bond motifs is 1. The predicted molar refractivity (Wildman–Crippen MR) is 44.4 cm³/mol. The van der Waals surface area contributed by atoms with E-state index in [1.54, 1.807) is 0 Å². The summed E-state index contributed by atoms with van der Waals surface area (Å²) in [5.41, 5.74) is 3.23. The van der Waals surface area contributed by atoms with Crippen molar-refractivity contribution in [1.29, 1.82) is 0 Å². The molecule has 1 aromatic heterocycles. The summed E-state index contributed by atoms with van der Waals surface area (Å²) < 4.78 is 0. The van der Waals surface area contributed by atoms with Gasteiger partial charge in [-0.15, -0.1) is 0 Å². The lowest BCUT2D eigenvalue weighted by Gasteiger charge is -1.88. The first-order chi connectivity index (χ1) is 5.25. The third kappa shape index (κ3) is 1.00. The highest BCUT2D eigenvalue weighted by Crippen LogP contribution is 2.11. The van der Waals surface area contributed by atoms with Crippen molar-refractivity contribution in [1.82, 2.24) is 9.97 Å². The summed E-state index contributed by atoms with van der Waals surface area (Å²) in [5, 5.41) is 0. The summed E-state index contributed by atoms with van der Waals surface area (Å²) in [6, 6.07) is 7.07. The lowest BCUT2D eigenvalue weighted by molar-refractivity contribution is 1.17. The van der Waals surface area contributed by atoms with E-state index >= 15 is 0 Å². The van der Waals surface area contributed by atoms with E-state index in [-0.39, 0.29) is 0 Å². The largest absolute Gasteiger partial charge is 0.342 e. The van der Waals surface area contributed by atoms with Crippen molar-refractivity contribution < 1.29 is 0 Å². The highest BCUT2D eigenvalue weighted by atomic mass is 14.9. The molecular weight excluding hydrogens is 136 g/mol. The summed E-state index contributed by atoms with van der Waals surface area (Å²) >= 11 is 0. The highest BCUT2D eigenvalue weighted by molar-refractivity contribution is 5.75. The molecular formula is C9H9N2. The van der Waals surface area contributed by atoms with Crippen molar-refractivity contribution in [3.8, 4) is 0 Å². The van der Waals surface area contributed by atoms with Gasteiger partial charge in [0.15, 0.2) is 0 Å². The van der Waals surface area contributed by atoms with Crippen LogP contribution in [0, 0.1) is 19.9 Å². The molecule has 1 aromatic carbocycles. The summed E-state index contributed by atoms with van der Waals surface area (Å²) in [4.78, 5) is 7.44. The Morgan fingerprint density at radius 1 is 1.45 bits per heavy atom. The van der Waals surface area contributed by atoms with E-state index in [0.29, 0.717) is 0 Å². The molecule has 1 heterocycles. The minimum atomic E-state index is 0.957. The van der Waals surface area contributed by atoms with E-state index in [0.717, 1.165) is 22.4 Å². The van der Waals surface area contributed by atoms with Gasteiger partial charge in [0, 0.05) is 0 Å². The Morgan fingerprint density at radius 3 is 3.09 bits per heavy atom. The van der Waals surface area contributed by atoms with Crippen LogP contribution in [0.3, 0.4) is 0 Å². The van der Waals surface area contributed by atoms with Crippen LogP contribution < -0.4 is 0 Å².